The topological polar surface area (TPSA) is 44.4 Å². The van der Waals surface area contributed by atoms with E-state index in [1.54, 1.807) is 0 Å². The molecule has 0 spiro atoms. The average molecular weight is 255 g/mol. The number of hydrogen-bond acceptors (Lipinski definition) is 3. The van der Waals surface area contributed by atoms with E-state index in [4.69, 9.17) is 0 Å². The largest absolute Gasteiger partial charge is 0.355 e. The van der Waals surface area contributed by atoms with Crippen LogP contribution in [0.25, 0.3) is 0 Å². The van der Waals surface area contributed by atoms with Crippen LogP contribution < -0.4 is 10.6 Å². The van der Waals surface area contributed by atoms with Gasteiger partial charge in [0.25, 0.3) is 0 Å². The second-order valence-corrected chi connectivity index (χ2v) is 6.22. The Bertz CT molecular complexity index is 239. The fourth-order valence-corrected chi connectivity index (χ4v) is 2.11. The third-order valence-electron chi connectivity index (χ3n) is 3.18. The van der Waals surface area contributed by atoms with E-state index in [-0.39, 0.29) is 5.91 Å². The highest BCUT2D eigenvalue weighted by atomic mass is 16.1. The normalized spacial score (nSPS) is 17.2. The average Bonchev–Trinajstić information content (AvgIpc) is 3.05. The van der Waals surface area contributed by atoms with Crippen molar-refractivity contribution in [2.24, 2.45) is 11.8 Å². The molecule has 0 aromatic carbocycles. The van der Waals surface area contributed by atoms with Crippen molar-refractivity contribution < 1.29 is 4.79 Å². The second kappa shape index (κ2) is 7.74. The van der Waals surface area contributed by atoms with Gasteiger partial charge in [-0.05, 0) is 45.2 Å². The van der Waals surface area contributed by atoms with Crippen molar-refractivity contribution in [1.82, 2.24) is 15.5 Å². The highest BCUT2D eigenvalue weighted by Crippen LogP contribution is 2.27. The van der Waals surface area contributed by atoms with Gasteiger partial charge in [0, 0.05) is 19.1 Å². The van der Waals surface area contributed by atoms with Crippen LogP contribution in [-0.4, -0.2) is 50.6 Å². The van der Waals surface area contributed by atoms with Crippen LogP contribution in [0.3, 0.4) is 0 Å². The van der Waals surface area contributed by atoms with E-state index in [0.29, 0.717) is 18.5 Å². The van der Waals surface area contributed by atoms with Gasteiger partial charge < -0.3 is 15.5 Å². The van der Waals surface area contributed by atoms with Crippen molar-refractivity contribution in [3.8, 4) is 0 Å². The minimum Gasteiger partial charge on any atom is -0.355 e. The van der Waals surface area contributed by atoms with Crippen LogP contribution in [-0.2, 0) is 4.79 Å². The maximum atomic E-state index is 11.7. The van der Waals surface area contributed by atoms with E-state index >= 15 is 0 Å². The lowest BCUT2D eigenvalue weighted by Crippen LogP contribution is -2.44. The van der Waals surface area contributed by atoms with E-state index in [1.807, 2.05) is 0 Å². The summed E-state index contributed by atoms with van der Waals surface area (Å²) in [6, 6.07) is 0.395. The molecule has 4 heteroatoms. The molecule has 1 aliphatic carbocycles. The number of amides is 1. The number of carbonyl (C=O) groups excluding carboxylic acids is 1. The molecule has 0 aromatic heterocycles. The predicted molar refractivity (Wildman–Crippen MR) is 75.5 cm³/mol. The lowest BCUT2D eigenvalue weighted by Gasteiger charge is -2.23. The Hall–Kier alpha value is -0.610. The molecule has 0 saturated heterocycles. The van der Waals surface area contributed by atoms with Crippen LogP contribution in [0.2, 0.25) is 0 Å². The van der Waals surface area contributed by atoms with Gasteiger partial charge in [0.2, 0.25) is 5.91 Å². The number of likely N-dealkylation sites (N-methyl/N-ethyl adjacent to an activating group) is 1. The van der Waals surface area contributed by atoms with Gasteiger partial charge in [-0.1, -0.05) is 13.8 Å². The summed E-state index contributed by atoms with van der Waals surface area (Å²) in [7, 11) is 4.14. The summed E-state index contributed by atoms with van der Waals surface area (Å²) < 4.78 is 0. The van der Waals surface area contributed by atoms with E-state index in [1.165, 1.54) is 12.8 Å². The minimum atomic E-state index is 0.134. The van der Waals surface area contributed by atoms with Crippen molar-refractivity contribution in [3.05, 3.63) is 0 Å². The molecule has 0 radical (unpaired) electrons. The van der Waals surface area contributed by atoms with Crippen molar-refractivity contribution >= 4 is 5.91 Å². The monoisotopic (exact) mass is 255 g/mol. The maximum absolute atomic E-state index is 11.7. The molecular formula is C14H29N3O. The van der Waals surface area contributed by atoms with Gasteiger partial charge in [-0.3, -0.25) is 4.79 Å². The smallest absolute Gasteiger partial charge is 0.233 e. The Morgan fingerprint density at radius 1 is 1.33 bits per heavy atom. The molecule has 1 unspecified atom stereocenters. The third-order valence-corrected chi connectivity index (χ3v) is 3.18. The SMILES string of the molecule is CC(C)CC(CN(C)C)NCC(=O)NCC1CC1. The lowest BCUT2D eigenvalue weighted by molar-refractivity contribution is -0.120. The Labute approximate surface area is 111 Å². The first-order valence-electron chi connectivity index (χ1n) is 7.12. The van der Waals surface area contributed by atoms with Gasteiger partial charge in [0.15, 0.2) is 0 Å². The zero-order valence-corrected chi connectivity index (χ0v) is 12.3. The summed E-state index contributed by atoms with van der Waals surface area (Å²) in [5.41, 5.74) is 0. The molecule has 18 heavy (non-hydrogen) atoms. The molecule has 0 aliphatic heterocycles. The standard InChI is InChI=1S/C14H29N3O/c1-11(2)7-13(10-17(3)4)15-9-14(18)16-8-12-5-6-12/h11-13,15H,5-10H2,1-4H3,(H,16,18). The first-order valence-corrected chi connectivity index (χ1v) is 7.12. The molecule has 0 bridgehead atoms. The molecule has 2 N–H and O–H groups in total. The van der Waals surface area contributed by atoms with Crippen LogP contribution in [0.4, 0.5) is 0 Å². The van der Waals surface area contributed by atoms with Crippen molar-refractivity contribution in [3.63, 3.8) is 0 Å². The second-order valence-electron chi connectivity index (χ2n) is 6.22. The van der Waals surface area contributed by atoms with Gasteiger partial charge >= 0.3 is 0 Å². The van der Waals surface area contributed by atoms with Crippen molar-refractivity contribution in [2.45, 2.75) is 39.2 Å². The molecule has 1 saturated carbocycles. The number of hydrogen-bond donors (Lipinski definition) is 2. The summed E-state index contributed by atoms with van der Waals surface area (Å²) in [4.78, 5) is 13.8. The van der Waals surface area contributed by atoms with Gasteiger partial charge in [0.1, 0.15) is 0 Å². The number of nitrogens with one attached hydrogen (secondary N) is 2. The van der Waals surface area contributed by atoms with Crippen LogP contribution >= 0.6 is 0 Å². The summed E-state index contributed by atoms with van der Waals surface area (Å²) in [6.07, 6.45) is 3.67. The first-order chi connectivity index (χ1) is 8.47. The molecule has 1 atom stereocenters. The molecular weight excluding hydrogens is 226 g/mol. The van der Waals surface area contributed by atoms with Gasteiger partial charge in [0.05, 0.1) is 6.54 Å². The van der Waals surface area contributed by atoms with E-state index < -0.39 is 0 Å². The van der Waals surface area contributed by atoms with Gasteiger partial charge in [-0.25, -0.2) is 0 Å². The minimum absolute atomic E-state index is 0.134. The molecule has 1 amide bonds. The molecule has 106 valence electrons. The Morgan fingerprint density at radius 3 is 2.50 bits per heavy atom. The van der Waals surface area contributed by atoms with Crippen LogP contribution in [0.5, 0.6) is 0 Å². The summed E-state index contributed by atoms with van der Waals surface area (Å²) in [5.74, 6) is 1.54. The van der Waals surface area contributed by atoms with Crippen molar-refractivity contribution in [2.75, 3.05) is 33.7 Å². The molecule has 0 aromatic rings. The highest BCUT2D eigenvalue weighted by Gasteiger charge is 2.21. The van der Waals surface area contributed by atoms with E-state index in [2.05, 4.69) is 43.5 Å². The summed E-state index contributed by atoms with van der Waals surface area (Å²) in [6.45, 7) is 6.73. The quantitative estimate of drug-likeness (QED) is 0.648. The van der Waals surface area contributed by atoms with E-state index in [0.717, 1.165) is 25.4 Å². The van der Waals surface area contributed by atoms with Gasteiger partial charge in [-0.2, -0.15) is 0 Å². The number of rotatable bonds is 9. The predicted octanol–water partition coefficient (Wildman–Crippen LogP) is 1.08. The zero-order valence-electron chi connectivity index (χ0n) is 12.3. The molecule has 0 heterocycles. The molecule has 1 rings (SSSR count). The summed E-state index contributed by atoms with van der Waals surface area (Å²) >= 11 is 0. The Morgan fingerprint density at radius 2 is 2.00 bits per heavy atom. The van der Waals surface area contributed by atoms with Crippen molar-refractivity contribution in [1.29, 1.82) is 0 Å². The number of nitrogens with zero attached hydrogens (tertiary/aromatic N) is 1. The molecule has 1 aliphatic rings. The Balaban J connectivity index is 2.18. The highest BCUT2D eigenvalue weighted by molar-refractivity contribution is 5.78. The third kappa shape index (κ3) is 7.67. The first kappa shape index (κ1) is 15.4. The van der Waals surface area contributed by atoms with Crippen LogP contribution in [0, 0.1) is 11.8 Å². The lowest BCUT2D eigenvalue weighted by atomic mass is 10.0. The number of carbonyl (C=O) groups is 1. The van der Waals surface area contributed by atoms with Crippen LogP contribution in [0.15, 0.2) is 0 Å². The fraction of sp³-hybridized carbons (Fsp3) is 0.929. The molecule has 1 fully saturated rings. The zero-order chi connectivity index (χ0) is 13.5. The van der Waals surface area contributed by atoms with Crippen LogP contribution in [0.1, 0.15) is 33.1 Å². The van der Waals surface area contributed by atoms with Gasteiger partial charge in [-0.15, -0.1) is 0 Å². The van der Waals surface area contributed by atoms with E-state index in [9.17, 15) is 4.79 Å². The maximum Gasteiger partial charge on any atom is 0.233 e. The fourth-order valence-electron chi connectivity index (χ4n) is 2.11. The molecule has 4 nitrogen and oxygen atoms in total. The summed E-state index contributed by atoms with van der Waals surface area (Å²) in [5, 5.41) is 6.36. The Kier molecular flexibility index (Phi) is 6.65.